The number of ether oxygens (including phenoxy) is 1. The third-order valence-electron chi connectivity index (χ3n) is 6.21. The summed E-state index contributed by atoms with van der Waals surface area (Å²) in [6, 6.07) is 10.4. The van der Waals surface area contributed by atoms with Gasteiger partial charge in [-0.2, -0.15) is 0 Å². The zero-order chi connectivity index (χ0) is 22.8. The summed E-state index contributed by atoms with van der Waals surface area (Å²) >= 11 is 1.64. The molecule has 0 amide bonds. The van der Waals surface area contributed by atoms with Crippen LogP contribution in [-0.4, -0.2) is 57.4 Å². The molecular formula is C24H29N7OS. The number of anilines is 4. The first-order valence-corrected chi connectivity index (χ1v) is 12.4. The summed E-state index contributed by atoms with van der Waals surface area (Å²) < 4.78 is 5.43. The van der Waals surface area contributed by atoms with E-state index in [-0.39, 0.29) is 0 Å². The monoisotopic (exact) mass is 463 g/mol. The van der Waals surface area contributed by atoms with Gasteiger partial charge < -0.3 is 15.4 Å². The minimum Gasteiger partial charge on any atom is -0.380 e. The molecule has 0 aromatic carbocycles. The second-order valence-corrected chi connectivity index (χ2v) is 10.0. The summed E-state index contributed by atoms with van der Waals surface area (Å²) in [7, 11) is 0. The number of aromatic nitrogens is 4. The normalized spacial score (nSPS) is 17.9. The molecule has 2 N–H and O–H groups in total. The van der Waals surface area contributed by atoms with Crippen molar-refractivity contribution in [3.8, 4) is 0 Å². The Morgan fingerprint density at radius 1 is 1.00 bits per heavy atom. The lowest BCUT2D eigenvalue weighted by atomic mass is 9.75. The molecule has 2 saturated heterocycles. The minimum atomic E-state index is 0.372. The van der Waals surface area contributed by atoms with Crippen LogP contribution in [0.25, 0.3) is 0 Å². The van der Waals surface area contributed by atoms with Crippen molar-refractivity contribution in [2.45, 2.75) is 24.8 Å². The van der Waals surface area contributed by atoms with Crippen LogP contribution in [0.5, 0.6) is 0 Å². The Balaban J connectivity index is 1.26. The van der Waals surface area contributed by atoms with Gasteiger partial charge in [-0.1, -0.05) is 19.9 Å². The Kier molecular flexibility index (Phi) is 6.18. The lowest BCUT2D eigenvalue weighted by Crippen LogP contribution is -2.66. The Hall–Kier alpha value is -2.75. The molecule has 33 heavy (non-hydrogen) atoms. The number of hydrogen-bond donors (Lipinski definition) is 2. The van der Waals surface area contributed by atoms with Gasteiger partial charge in [0.2, 0.25) is 0 Å². The topological polar surface area (TPSA) is 88.1 Å². The number of thioether (sulfide) groups is 1. The molecule has 5 rings (SSSR count). The summed E-state index contributed by atoms with van der Waals surface area (Å²) in [5, 5.41) is 6.55. The third kappa shape index (κ3) is 4.66. The van der Waals surface area contributed by atoms with E-state index in [0.29, 0.717) is 29.0 Å². The number of nitrogens with one attached hydrogen (secondary N) is 2. The molecule has 8 nitrogen and oxygen atoms in total. The molecule has 2 aliphatic rings. The third-order valence-corrected chi connectivity index (χ3v) is 6.98. The van der Waals surface area contributed by atoms with Crippen molar-refractivity contribution in [3.05, 3.63) is 54.6 Å². The van der Waals surface area contributed by atoms with Crippen molar-refractivity contribution < 1.29 is 4.74 Å². The van der Waals surface area contributed by atoms with E-state index in [1.54, 1.807) is 18.0 Å². The van der Waals surface area contributed by atoms with Crippen LogP contribution in [0.15, 0.2) is 53.9 Å². The molecule has 9 heteroatoms. The van der Waals surface area contributed by atoms with Gasteiger partial charge in [-0.25, -0.2) is 19.9 Å². The summed E-state index contributed by atoms with van der Waals surface area (Å²) in [6.45, 7) is 8.59. The van der Waals surface area contributed by atoms with Gasteiger partial charge in [0.1, 0.15) is 29.6 Å². The molecule has 2 aliphatic heterocycles. The lowest BCUT2D eigenvalue weighted by Gasteiger charge is -2.58. The molecule has 5 heterocycles. The molecule has 0 bridgehead atoms. The molecule has 0 radical (unpaired) electrons. The SMILES string of the molecule is CSc1cccnc1Nc1cc(Nc2ccc(C(C(C)C)N3CC4(COC4)C3)cn2)ncn1. The first kappa shape index (κ1) is 22.1. The van der Waals surface area contributed by atoms with Gasteiger partial charge in [0, 0.05) is 47.9 Å². The standard InChI is InChI=1S/C24H29N7OS/c1-16(2)22(31-11-24(12-31)13-32-14-24)17-6-7-19(26-10-17)29-20-9-21(28-15-27-20)30-23-18(33-3)5-4-8-25-23/h4-10,15-16,22H,11-14H2,1-3H3,(H2,25,26,27,28,29,30). The average Bonchev–Trinajstić information content (AvgIpc) is 2.76. The molecule has 1 unspecified atom stereocenters. The summed E-state index contributed by atoms with van der Waals surface area (Å²) in [5.74, 6) is 3.38. The predicted molar refractivity (Wildman–Crippen MR) is 131 cm³/mol. The smallest absolute Gasteiger partial charge is 0.145 e. The Labute approximate surface area is 198 Å². The maximum atomic E-state index is 5.43. The molecular weight excluding hydrogens is 434 g/mol. The first-order chi connectivity index (χ1) is 16.0. The Morgan fingerprint density at radius 2 is 1.79 bits per heavy atom. The molecule has 2 fully saturated rings. The van der Waals surface area contributed by atoms with Crippen LogP contribution in [0.2, 0.25) is 0 Å². The van der Waals surface area contributed by atoms with Gasteiger partial charge >= 0.3 is 0 Å². The average molecular weight is 464 g/mol. The zero-order valence-electron chi connectivity index (χ0n) is 19.2. The van der Waals surface area contributed by atoms with E-state index in [1.807, 2.05) is 36.7 Å². The Bertz CT molecular complexity index is 1100. The molecule has 0 saturated carbocycles. The fourth-order valence-electron chi connectivity index (χ4n) is 4.65. The van der Waals surface area contributed by atoms with E-state index in [2.05, 4.69) is 55.4 Å². The van der Waals surface area contributed by atoms with Gasteiger partial charge in [-0.3, -0.25) is 4.90 Å². The van der Waals surface area contributed by atoms with Crippen LogP contribution in [-0.2, 0) is 4.74 Å². The van der Waals surface area contributed by atoms with Crippen LogP contribution >= 0.6 is 11.8 Å². The highest BCUT2D eigenvalue weighted by Crippen LogP contribution is 2.44. The molecule has 3 aromatic rings. The minimum absolute atomic E-state index is 0.372. The van der Waals surface area contributed by atoms with E-state index in [9.17, 15) is 0 Å². The number of rotatable bonds is 8. The molecule has 0 aliphatic carbocycles. The quantitative estimate of drug-likeness (QED) is 0.469. The van der Waals surface area contributed by atoms with E-state index in [4.69, 9.17) is 4.74 Å². The molecule has 3 aromatic heterocycles. The molecule has 172 valence electrons. The van der Waals surface area contributed by atoms with Crippen LogP contribution < -0.4 is 10.6 Å². The van der Waals surface area contributed by atoms with E-state index in [0.717, 1.165) is 42.8 Å². The highest BCUT2D eigenvalue weighted by molar-refractivity contribution is 7.98. The largest absolute Gasteiger partial charge is 0.380 e. The van der Waals surface area contributed by atoms with Crippen molar-refractivity contribution in [1.29, 1.82) is 0 Å². The van der Waals surface area contributed by atoms with Gasteiger partial charge in [0.25, 0.3) is 0 Å². The fourth-order valence-corrected chi connectivity index (χ4v) is 5.16. The van der Waals surface area contributed by atoms with Crippen LogP contribution in [0.3, 0.4) is 0 Å². The van der Waals surface area contributed by atoms with Gasteiger partial charge in [0.05, 0.1) is 13.2 Å². The number of nitrogens with zero attached hydrogens (tertiary/aromatic N) is 5. The van der Waals surface area contributed by atoms with Gasteiger partial charge in [0.15, 0.2) is 0 Å². The van der Waals surface area contributed by atoms with Crippen LogP contribution in [0.1, 0.15) is 25.5 Å². The van der Waals surface area contributed by atoms with Crippen molar-refractivity contribution in [2.24, 2.45) is 11.3 Å². The zero-order valence-corrected chi connectivity index (χ0v) is 20.0. The van der Waals surface area contributed by atoms with Gasteiger partial charge in [-0.15, -0.1) is 11.8 Å². The summed E-state index contributed by atoms with van der Waals surface area (Å²) in [5.41, 5.74) is 1.66. The van der Waals surface area contributed by atoms with Crippen molar-refractivity contribution in [3.63, 3.8) is 0 Å². The Morgan fingerprint density at radius 3 is 2.42 bits per heavy atom. The first-order valence-electron chi connectivity index (χ1n) is 11.2. The van der Waals surface area contributed by atoms with Crippen LogP contribution in [0.4, 0.5) is 23.3 Å². The summed E-state index contributed by atoms with van der Waals surface area (Å²) in [4.78, 5) is 21.3. The summed E-state index contributed by atoms with van der Waals surface area (Å²) in [6.07, 6.45) is 7.29. The highest BCUT2D eigenvalue weighted by atomic mass is 32.2. The van der Waals surface area contributed by atoms with Crippen molar-refractivity contribution in [1.82, 2.24) is 24.8 Å². The van der Waals surface area contributed by atoms with Crippen LogP contribution in [0, 0.1) is 11.3 Å². The van der Waals surface area contributed by atoms with E-state index in [1.165, 1.54) is 11.9 Å². The number of likely N-dealkylation sites (tertiary alicyclic amines) is 1. The van der Waals surface area contributed by atoms with E-state index >= 15 is 0 Å². The van der Waals surface area contributed by atoms with Gasteiger partial charge in [-0.05, 0) is 35.9 Å². The predicted octanol–water partition coefficient (Wildman–Crippen LogP) is 4.51. The molecule has 1 atom stereocenters. The van der Waals surface area contributed by atoms with Crippen molar-refractivity contribution >= 4 is 35.0 Å². The maximum absolute atomic E-state index is 5.43. The number of pyridine rings is 2. The second kappa shape index (κ2) is 9.24. The second-order valence-electron chi connectivity index (χ2n) is 9.16. The van der Waals surface area contributed by atoms with E-state index < -0.39 is 0 Å². The lowest BCUT2D eigenvalue weighted by molar-refractivity contribution is -0.202. The fraction of sp³-hybridized carbons (Fsp3) is 0.417. The maximum Gasteiger partial charge on any atom is 0.145 e. The van der Waals surface area contributed by atoms with Crippen molar-refractivity contribution in [2.75, 3.05) is 43.2 Å². The highest BCUT2D eigenvalue weighted by Gasteiger charge is 2.51. The number of hydrogen-bond acceptors (Lipinski definition) is 9. The molecule has 1 spiro atoms.